The van der Waals surface area contributed by atoms with Crippen LogP contribution in [0.15, 0.2) is 79.0 Å². The number of carbonyl (C=O) groups is 2. The monoisotopic (exact) mass is 547 g/mol. The van der Waals surface area contributed by atoms with E-state index in [-0.39, 0.29) is 18.4 Å². The Morgan fingerprint density at radius 1 is 0.897 bits per heavy atom. The van der Waals surface area contributed by atoms with Gasteiger partial charge in [0.15, 0.2) is 0 Å². The van der Waals surface area contributed by atoms with Gasteiger partial charge in [0.25, 0.3) is 5.91 Å². The molecule has 204 valence electrons. The van der Waals surface area contributed by atoms with Crippen molar-refractivity contribution in [1.82, 2.24) is 14.8 Å². The highest BCUT2D eigenvalue weighted by atomic mass is 35.5. The van der Waals surface area contributed by atoms with Crippen molar-refractivity contribution in [3.8, 4) is 5.75 Å². The number of hydrogen-bond donors (Lipinski definition) is 1. The summed E-state index contributed by atoms with van der Waals surface area (Å²) >= 11 is 6.09. The summed E-state index contributed by atoms with van der Waals surface area (Å²) in [4.78, 5) is 33.9. The maximum absolute atomic E-state index is 13.8. The number of nitrogens with one attached hydrogen (secondary N) is 1. The molecule has 0 spiro atoms. The molecular weight excluding hydrogens is 514 g/mol. The van der Waals surface area contributed by atoms with Gasteiger partial charge in [-0.25, -0.2) is 0 Å². The van der Waals surface area contributed by atoms with Gasteiger partial charge in [-0.3, -0.25) is 9.59 Å². The highest BCUT2D eigenvalue weighted by Crippen LogP contribution is 2.20. The Balaban J connectivity index is 1.53. The van der Waals surface area contributed by atoms with E-state index >= 15 is 0 Å². The first kappa shape index (κ1) is 28.2. The van der Waals surface area contributed by atoms with Crippen molar-refractivity contribution in [2.24, 2.45) is 0 Å². The van der Waals surface area contributed by atoms with Gasteiger partial charge in [-0.2, -0.15) is 0 Å². The first-order valence-electron chi connectivity index (χ1n) is 13.0. The van der Waals surface area contributed by atoms with E-state index in [9.17, 15) is 9.59 Å². The van der Waals surface area contributed by atoms with Crippen LogP contribution in [0.25, 0.3) is 10.9 Å². The molecule has 2 amide bonds. The molecular formula is C31H34ClN3O4. The molecule has 0 fully saturated rings. The van der Waals surface area contributed by atoms with Gasteiger partial charge in [-0.1, -0.05) is 41.9 Å². The minimum absolute atomic E-state index is 0.0317. The number of nitrogens with zero attached hydrogens (tertiary/aromatic N) is 2. The maximum atomic E-state index is 13.8. The number of para-hydroxylation sites is 1. The van der Waals surface area contributed by atoms with Gasteiger partial charge in [0.2, 0.25) is 5.91 Å². The van der Waals surface area contributed by atoms with Gasteiger partial charge in [-0.15, -0.1) is 0 Å². The van der Waals surface area contributed by atoms with Gasteiger partial charge < -0.3 is 24.3 Å². The number of hydrogen-bond acceptors (Lipinski definition) is 4. The van der Waals surface area contributed by atoms with E-state index < -0.39 is 0 Å². The smallest absolute Gasteiger partial charge is 0.254 e. The fourth-order valence-electron chi connectivity index (χ4n) is 4.53. The molecule has 4 rings (SSSR count). The summed E-state index contributed by atoms with van der Waals surface area (Å²) in [7, 11) is 3.21. The third kappa shape index (κ3) is 7.62. The number of rotatable bonds is 13. The molecule has 0 saturated heterocycles. The average molecular weight is 548 g/mol. The lowest BCUT2D eigenvalue weighted by Gasteiger charge is -2.28. The minimum Gasteiger partial charge on any atom is -0.497 e. The molecule has 0 radical (unpaired) electrons. The third-order valence-corrected chi connectivity index (χ3v) is 6.94. The molecule has 0 bridgehead atoms. The molecule has 39 heavy (non-hydrogen) atoms. The number of fused-ring (bicyclic) bond motifs is 1. The molecule has 0 aliphatic heterocycles. The Morgan fingerprint density at radius 2 is 1.64 bits per heavy atom. The molecule has 4 aromatic rings. The van der Waals surface area contributed by atoms with Crippen LogP contribution in [0.1, 0.15) is 27.9 Å². The Kier molecular flexibility index (Phi) is 10.00. The topological polar surface area (TPSA) is 74.9 Å². The fourth-order valence-corrected chi connectivity index (χ4v) is 4.65. The Morgan fingerprint density at radius 3 is 2.36 bits per heavy atom. The fraction of sp³-hybridized carbons (Fsp3) is 0.290. The molecule has 1 N–H and O–H groups in total. The number of benzene rings is 3. The molecule has 0 unspecified atom stereocenters. The van der Waals surface area contributed by atoms with Crippen LogP contribution in [0.2, 0.25) is 5.02 Å². The second-order valence-electron chi connectivity index (χ2n) is 9.35. The van der Waals surface area contributed by atoms with Crippen LogP contribution in [0.4, 0.5) is 0 Å². The predicted octanol–water partition coefficient (Wildman–Crippen LogP) is 5.58. The van der Waals surface area contributed by atoms with Crippen molar-refractivity contribution in [3.05, 3.63) is 101 Å². The quantitative estimate of drug-likeness (QED) is 0.222. The van der Waals surface area contributed by atoms with Crippen LogP contribution < -0.4 is 4.74 Å². The van der Waals surface area contributed by atoms with Gasteiger partial charge in [0, 0.05) is 61.0 Å². The molecule has 0 atom stereocenters. The van der Waals surface area contributed by atoms with Crippen molar-refractivity contribution in [2.45, 2.75) is 19.4 Å². The number of halogens is 1. The predicted molar refractivity (Wildman–Crippen MR) is 154 cm³/mol. The third-order valence-electron chi connectivity index (χ3n) is 6.69. The van der Waals surface area contributed by atoms with E-state index in [0.29, 0.717) is 55.4 Å². The van der Waals surface area contributed by atoms with Crippen LogP contribution in [-0.4, -0.2) is 67.1 Å². The molecule has 8 heteroatoms. The second-order valence-corrected chi connectivity index (χ2v) is 9.79. The van der Waals surface area contributed by atoms with Crippen molar-refractivity contribution < 1.29 is 19.1 Å². The normalized spacial score (nSPS) is 10.9. The molecule has 0 saturated carbocycles. The number of aromatic amines is 1. The summed E-state index contributed by atoms with van der Waals surface area (Å²) in [5.74, 6) is 0.342. The lowest BCUT2D eigenvalue weighted by molar-refractivity contribution is -0.132. The zero-order chi connectivity index (χ0) is 27.6. The summed E-state index contributed by atoms with van der Waals surface area (Å²) in [5, 5.41) is 1.79. The van der Waals surface area contributed by atoms with Crippen LogP contribution >= 0.6 is 11.6 Å². The first-order valence-corrected chi connectivity index (χ1v) is 13.4. The summed E-state index contributed by atoms with van der Waals surface area (Å²) in [6.07, 6.45) is 3.30. The van der Waals surface area contributed by atoms with E-state index in [0.717, 1.165) is 22.0 Å². The van der Waals surface area contributed by atoms with E-state index in [1.54, 1.807) is 43.4 Å². The molecule has 0 aliphatic rings. The Bertz CT molecular complexity index is 1370. The molecule has 1 aromatic heterocycles. The number of aromatic nitrogens is 1. The molecule has 1 heterocycles. The lowest BCUT2D eigenvalue weighted by atomic mass is 10.1. The standard InChI is InChI=1S/C31H34ClN3O4/c1-38-19-5-17-35(31(37)24-10-14-27(39-2)15-11-24)22-30(36)34(21-23-8-12-26(32)13-9-23)18-16-25-20-33-29-7-4-3-6-28(25)29/h3-4,6-15,20,33H,5,16-19,21-22H2,1-2H3. The van der Waals surface area contributed by atoms with Crippen LogP contribution in [0, 0.1) is 0 Å². The van der Waals surface area contributed by atoms with Crippen molar-refractivity contribution in [3.63, 3.8) is 0 Å². The van der Waals surface area contributed by atoms with Crippen LogP contribution in [-0.2, 0) is 22.5 Å². The molecule has 7 nitrogen and oxygen atoms in total. The highest BCUT2D eigenvalue weighted by molar-refractivity contribution is 6.30. The van der Waals surface area contributed by atoms with E-state index in [1.165, 1.54) is 0 Å². The van der Waals surface area contributed by atoms with E-state index in [2.05, 4.69) is 11.1 Å². The maximum Gasteiger partial charge on any atom is 0.254 e. The largest absolute Gasteiger partial charge is 0.497 e. The van der Waals surface area contributed by atoms with Gasteiger partial charge in [0.1, 0.15) is 12.3 Å². The summed E-state index contributed by atoms with van der Waals surface area (Å²) < 4.78 is 10.4. The summed E-state index contributed by atoms with van der Waals surface area (Å²) in [6.45, 7) is 1.79. The van der Waals surface area contributed by atoms with Crippen LogP contribution in [0.5, 0.6) is 5.75 Å². The minimum atomic E-state index is -0.204. The Hall–Kier alpha value is -3.81. The first-order chi connectivity index (χ1) is 19.0. The number of ether oxygens (including phenoxy) is 2. The summed E-state index contributed by atoms with van der Waals surface area (Å²) in [5.41, 5.74) is 3.69. The molecule has 3 aromatic carbocycles. The van der Waals surface area contributed by atoms with Crippen LogP contribution in [0.3, 0.4) is 0 Å². The highest BCUT2D eigenvalue weighted by Gasteiger charge is 2.23. The van der Waals surface area contributed by atoms with Gasteiger partial charge in [-0.05, 0) is 66.4 Å². The van der Waals surface area contributed by atoms with Crippen molar-refractivity contribution in [1.29, 1.82) is 0 Å². The molecule has 0 aliphatic carbocycles. The SMILES string of the molecule is COCCCN(CC(=O)N(CCc1c[nH]c2ccccc12)Cc1ccc(Cl)cc1)C(=O)c1ccc(OC)cc1. The zero-order valence-corrected chi connectivity index (χ0v) is 23.1. The van der Waals surface area contributed by atoms with E-state index in [1.807, 2.05) is 53.6 Å². The second kappa shape index (κ2) is 13.8. The number of H-pyrrole nitrogens is 1. The average Bonchev–Trinajstić information content (AvgIpc) is 3.38. The lowest BCUT2D eigenvalue weighted by Crippen LogP contribution is -2.44. The van der Waals surface area contributed by atoms with Gasteiger partial charge in [0.05, 0.1) is 7.11 Å². The number of carbonyl (C=O) groups excluding carboxylic acids is 2. The number of amides is 2. The Labute approximate surface area is 234 Å². The number of methoxy groups -OCH3 is 2. The zero-order valence-electron chi connectivity index (χ0n) is 22.4. The summed E-state index contributed by atoms with van der Waals surface area (Å²) in [6, 6.07) is 22.6. The van der Waals surface area contributed by atoms with Crippen molar-refractivity contribution in [2.75, 3.05) is 40.5 Å². The van der Waals surface area contributed by atoms with Gasteiger partial charge >= 0.3 is 0 Å². The van der Waals surface area contributed by atoms with Crippen molar-refractivity contribution >= 4 is 34.3 Å². The van der Waals surface area contributed by atoms with E-state index in [4.69, 9.17) is 21.1 Å².